The maximum Gasteiger partial charge on any atom is 0.343 e. The quantitative estimate of drug-likeness (QED) is 0.218. The minimum atomic E-state index is -0.825. The lowest BCUT2D eigenvalue weighted by Gasteiger charge is -2.36. The van der Waals surface area contributed by atoms with Gasteiger partial charge in [0.25, 0.3) is 5.69 Å². The molecule has 0 N–H and O–H groups in total. The van der Waals surface area contributed by atoms with Crippen LogP contribution in [0.3, 0.4) is 0 Å². The number of ether oxygens (including phenoxy) is 3. The highest BCUT2D eigenvalue weighted by Gasteiger charge is 2.50. The zero-order valence-corrected chi connectivity index (χ0v) is 20.6. The third kappa shape index (κ3) is 4.71. The first kappa shape index (κ1) is 24.6. The lowest BCUT2D eigenvalue weighted by molar-refractivity contribution is -0.384. The van der Waals surface area contributed by atoms with Crippen LogP contribution in [0.25, 0.3) is 5.57 Å². The number of hydrogen-bond donors (Lipinski definition) is 0. The molecule has 3 aromatic rings. The highest BCUT2D eigenvalue weighted by molar-refractivity contribution is 5.91. The van der Waals surface area contributed by atoms with Crippen molar-refractivity contribution in [3.8, 4) is 0 Å². The number of benzene rings is 3. The van der Waals surface area contributed by atoms with Crippen LogP contribution in [0.2, 0.25) is 0 Å². The number of nitro groups is 1. The molecule has 2 aliphatic rings. The zero-order valence-electron chi connectivity index (χ0n) is 20.6. The molecule has 188 valence electrons. The van der Waals surface area contributed by atoms with Gasteiger partial charge in [0.05, 0.1) is 16.6 Å². The predicted octanol–water partition coefficient (Wildman–Crippen LogP) is 6.56. The van der Waals surface area contributed by atoms with E-state index in [4.69, 9.17) is 14.2 Å². The molecule has 0 unspecified atom stereocenters. The Kier molecular flexibility index (Phi) is 6.74. The Hall–Kier alpha value is -4.07. The van der Waals surface area contributed by atoms with Crippen molar-refractivity contribution in [3.05, 3.63) is 129 Å². The van der Waals surface area contributed by atoms with E-state index in [1.807, 2.05) is 80.6 Å². The van der Waals surface area contributed by atoms with E-state index >= 15 is 0 Å². The van der Waals surface area contributed by atoms with Crippen LogP contribution in [0.15, 0.2) is 102 Å². The summed E-state index contributed by atoms with van der Waals surface area (Å²) in [5.41, 5.74) is 3.11. The number of non-ortho nitro benzene ring substituents is 1. The fraction of sp³-hybridized carbons (Fsp3) is 0.233. The molecule has 0 aromatic heterocycles. The zero-order chi connectivity index (χ0) is 26.0. The van der Waals surface area contributed by atoms with Crippen molar-refractivity contribution in [2.75, 3.05) is 0 Å². The molecule has 1 heterocycles. The van der Waals surface area contributed by atoms with Crippen LogP contribution in [0.4, 0.5) is 5.69 Å². The molecular formula is C30H27NO6. The lowest BCUT2D eigenvalue weighted by atomic mass is 9.76. The van der Waals surface area contributed by atoms with E-state index in [-0.39, 0.29) is 17.4 Å². The Balaban J connectivity index is 1.58. The number of allylic oxidation sites excluding steroid dienone is 2. The van der Waals surface area contributed by atoms with Gasteiger partial charge in [0.15, 0.2) is 6.29 Å². The SMILES string of the molecule is C[C@H]1O[C@@H](C)[C@](C2=CC(OC(=O)c3ccc([N+](=O)[O-])cc3)=C(c3ccccc3)CC2)(c2ccccc2)O1. The van der Waals surface area contributed by atoms with E-state index < -0.39 is 22.8 Å². The molecule has 3 aromatic carbocycles. The fourth-order valence-electron chi connectivity index (χ4n) is 5.17. The van der Waals surface area contributed by atoms with E-state index in [1.54, 1.807) is 0 Å². The Morgan fingerprint density at radius 3 is 2.19 bits per heavy atom. The Bertz CT molecular complexity index is 1360. The van der Waals surface area contributed by atoms with E-state index in [1.165, 1.54) is 24.3 Å². The number of carbonyl (C=O) groups excluding carboxylic acids is 1. The lowest BCUT2D eigenvalue weighted by Crippen LogP contribution is -2.38. The van der Waals surface area contributed by atoms with Crippen molar-refractivity contribution >= 4 is 17.2 Å². The van der Waals surface area contributed by atoms with E-state index in [9.17, 15) is 14.9 Å². The molecule has 1 aliphatic heterocycles. The van der Waals surface area contributed by atoms with Crippen LogP contribution in [0, 0.1) is 10.1 Å². The maximum atomic E-state index is 13.2. The second-order valence-corrected chi connectivity index (χ2v) is 9.14. The summed E-state index contributed by atoms with van der Waals surface area (Å²) in [5.74, 6) is -0.156. The Morgan fingerprint density at radius 2 is 1.59 bits per heavy atom. The summed E-state index contributed by atoms with van der Waals surface area (Å²) >= 11 is 0. The Morgan fingerprint density at radius 1 is 0.946 bits per heavy atom. The van der Waals surface area contributed by atoms with Crippen LogP contribution < -0.4 is 0 Å². The van der Waals surface area contributed by atoms with E-state index in [0.29, 0.717) is 18.6 Å². The van der Waals surface area contributed by atoms with Gasteiger partial charge >= 0.3 is 5.97 Å². The van der Waals surface area contributed by atoms with Crippen molar-refractivity contribution in [1.82, 2.24) is 0 Å². The standard InChI is InChI=1S/C30H27NO6/c1-20-30(37-21(2)35-20,24-11-7-4-8-12-24)25-15-18-27(22-9-5-3-6-10-22)28(19-25)36-29(32)23-13-16-26(17-14-23)31(33)34/h3-14,16-17,19-21H,15,18H2,1-2H3/t20-,21-,30+/m0/s1. The molecule has 7 nitrogen and oxygen atoms in total. The molecule has 3 atom stereocenters. The van der Waals surface area contributed by atoms with Gasteiger partial charge < -0.3 is 14.2 Å². The van der Waals surface area contributed by atoms with Gasteiger partial charge in [0, 0.05) is 17.7 Å². The van der Waals surface area contributed by atoms with Gasteiger partial charge in [0.1, 0.15) is 11.4 Å². The molecule has 0 radical (unpaired) electrons. The molecule has 1 saturated heterocycles. The molecular weight excluding hydrogens is 470 g/mol. The topological polar surface area (TPSA) is 87.9 Å². The largest absolute Gasteiger partial charge is 0.423 e. The molecule has 37 heavy (non-hydrogen) atoms. The highest BCUT2D eigenvalue weighted by Crippen LogP contribution is 2.49. The van der Waals surface area contributed by atoms with Gasteiger partial charge in [-0.3, -0.25) is 10.1 Å². The highest BCUT2D eigenvalue weighted by atomic mass is 16.7. The van der Waals surface area contributed by atoms with Crippen molar-refractivity contribution < 1.29 is 23.9 Å². The smallest absolute Gasteiger partial charge is 0.343 e. The van der Waals surface area contributed by atoms with E-state index in [0.717, 1.165) is 22.3 Å². The molecule has 0 amide bonds. The molecule has 5 rings (SSSR count). The minimum Gasteiger partial charge on any atom is -0.423 e. The molecule has 7 heteroatoms. The van der Waals surface area contributed by atoms with Crippen molar-refractivity contribution in [3.63, 3.8) is 0 Å². The number of carbonyl (C=O) groups is 1. The van der Waals surface area contributed by atoms with Gasteiger partial charge in [-0.1, -0.05) is 60.7 Å². The van der Waals surface area contributed by atoms with E-state index in [2.05, 4.69) is 0 Å². The van der Waals surface area contributed by atoms with Crippen molar-refractivity contribution in [2.45, 2.75) is 44.7 Å². The van der Waals surface area contributed by atoms with Crippen LogP contribution in [-0.2, 0) is 19.8 Å². The number of nitro benzene ring substituents is 1. The number of hydrogen-bond acceptors (Lipinski definition) is 6. The van der Waals surface area contributed by atoms with Crippen LogP contribution >= 0.6 is 0 Å². The first-order valence-electron chi connectivity index (χ1n) is 12.2. The summed E-state index contributed by atoms with van der Waals surface area (Å²) in [7, 11) is 0. The van der Waals surface area contributed by atoms with Crippen LogP contribution in [0.5, 0.6) is 0 Å². The third-order valence-corrected chi connectivity index (χ3v) is 6.89. The van der Waals surface area contributed by atoms with Gasteiger partial charge in [-0.25, -0.2) is 4.79 Å². The molecule has 1 fully saturated rings. The first-order valence-corrected chi connectivity index (χ1v) is 12.2. The summed E-state index contributed by atoms with van der Waals surface area (Å²) in [5, 5.41) is 11.0. The molecule has 0 bridgehead atoms. The predicted molar refractivity (Wildman–Crippen MR) is 138 cm³/mol. The number of esters is 1. The van der Waals surface area contributed by atoms with Crippen molar-refractivity contribution in [1.29, 1.82) is 0 Å². The number of rotatable bonds is 6. The second-order valence-electron chi connectivity index (χ2n) is 9.14. The Labute approximate surface area is 215 Å². The monoisotopic (exact) mass is 497 g/mol. The van der Waals surface area contributed by atoms with Gasteiger partial charge in [-0.2, -0.15) is 0 Å². The third-order valence-electron chi connectivity index (χ3n) is 6.89. The summed E-state index contributed by atoms with van der Waals surface area (Å²) < 4.78 is 18.5. The average molecular weight is 498 g/mol. The van der Waals surface area contributed by atoms with Gasteiger partial charge in [-0.15, -0.1) is 0 Å². The van der Waals surface area contributed by atoms with Gasteiger partial charge in [-0.05, 0) is 61.6 Å². The average Bonchev–Trinajstić information content (AvgIpc) is 3.24. The fourth-order valence-corrected chi connectivity index (χ4v) is 5.17. The van der Waals surface area contributed by atoms with Crippen molar-refractivity contribution in [2.24, 2.45) is 0 Å². The summed E-state index contributed by atoms with van der Waals surface area (Å²) in [6.45, 7) is 3.88. The minimum absolute atomic E-state index is 0.0909. The number of nitrogens with zero attached hydrogens (tertiary/aromatic N) is 1. The normalized spacial score (nSPS) is 23.5. The summed E-state index contributed by atoms with van der Waals surface area (Å²) in [6, 6.07) is 25.2. The molecule has 0 saturated carbocycles. The first-order chi connectivity index (χ1) is 17.9. The molecule has 0 spiro atoms. The second kappa shape index (κ2) is 10.1. The molecule has 1 aliphatic carbocycles. The summed E-state index contributed by atoms with van der Waals surface area (Å²) in [4.78, 5) is 23.7. The van der Waals surface area contributed by atoms with Crippen LogP contribution in [0.1, 0.15) is 48.2 Å². The summed E-state index contributed by atoms with van der Waals surface area (Å²) in [6.07, 6.45) is 2.57. The van der Waals surface area contributed by atoms with Gasteiger partial charge in [0.2, 0.25) is 0 Å². The van der Waals surface area contributed by atoms with Crippen LogP contribution in [-0.4, -0.2) is 23.3 Å². The maximum absolute atomic E-state index is 13.2.